The lowest BCUT2D eigenvalue weighted by Gasteiger charge is -2.19. The van der Waals surface area contributed by atoms with Crippen LogP contribution >= 0.6 is 0 Å². The fraction of sp³-hybridized carbons (Fsp3) is 0.241. The first-order chi connectivity index (χ1) is 16.5. The summed E-state index contributed by atoms with van der Waals surface area (Å²) in [7, 11) is 0. The van der Waals surface area contributed by atoms with Gasteiger partial charge in [0.1, 0.15) is 17.3 Å². The van der Waals surface area contributed by atoms with Crippen molar-refractivity contribution in [1.29, 1.82) is 0 Å². The molecular weight excluding hydrogens is 447 g/mol. The highest BCUT2D eigenvalue weighted by atomic mass is 19.1. The van der Waals surface area contributed by atoms with Gasteiger partial charge in [0.25, 0.3) is 0 Å². The molecule has 0 heterocycles. The normalized spacial score (nSPS) is 11.2. The van der Waals surface area contributed by atoms with Crippen LogP contribution in [0, 0.1) is 11.7 Å². The van der Waals surface area contributed by atoms with E-state index in [0.717, 1.165) is 11.1 Å². The lowest BCUT2D eigenvalue weighted by molar-refractivity contribution is -0.140. The van der Waals surface area contributed by atoms with Gasteiger partial charge in [0.15, 0.2) is 0 Å². The highest BCUT2D eigenvalue weighted by molar-refractivity contribution is 5.89. The zero-order chi connectivity index (χ0) is 26.1. The minimum absolute atomic E-state index is 0.111. The molecule has 0 amide bonds. The smallest absolute Gasteiger partial charge is 0.338 e. The van der Waals surface area contributed by atoms with Crippen LogP contribution in [0.3, 0.4) is 0 Å². The van der Waals surface area contributed by atoms with Crippen LogP contribution in [0.5, 0.6) is 5.75 Å². The first-order valence-corrected chi connectivity index (χ1v) is 11.0. The largest absolute Gasteiger partial charge is 0.494 e. The van der Waals surface area contributed by atoms with Gasteiger partial charge < -0.3 is 14.2 Å². The van der Waals surface area contributed by atoms with Crippen molar-refractivity contribution < 1.29 is 28.2 Å². The van der Waals surface area contributed by atoms with E-state index in [1.54, 1.807) is 32.0 Å². The molecule has 0 bridgehead atoms. The Bertz CT molecular complexity index is 1110. The molecular formula is C29H31FO5. The van der Waals surface area contributed by atoms with Crippen molar-refractivity contribution in [2.24, 2.45) is 5.92 Å². The number of esters is 2. The van der Waals surface area contributed by atoms with Crippen LogP contribution in [0.2, 0.25) is 0 Å². The molecule has 1 unspecified atom stereocenters. The second-order valence-electron chi connectivity index (χ2n) is 8.47. The van der Waals surface area contributed by atoms with Crippen molar-refractivity contribution in [1.82, 2.24) is 0 Å². The van der Waals surface area contributed by atoms with Crippen molar-refractivity contribution in [2.45, 2.75) is 27.2 Å². The second-order valence-corrected chi connectivity index (χ2v) is 8.47. The van der Waals surface area contributed by atoms with Crippen LogP contribution in [0.25, 0.3) is 11.1 Å². The quantitative estimate of drug-likeness (QED) is 0.117. The van der Waals surface area contributed by atoms with E-state index in [1.165, 1.54) is 19.1 Å². The molecule has 35 heavy (non-hydrogen) atoms. The molecule has 2 aromatic rings. The van der Waals surface area contributed by atoms with Crippen LogP contribution in [-0.2, 0) is 25.5 Å². The molecule has 0 aliphatic heterocycles. The van der Waals surface area contributed by atoms with Crippen molar-refractivity contribution in [3.05, 3.63) is 103 Å². The van der Waals surface area contributed by atoms with Crippen molar-refractivity contribution in [3.63, 3.8) is 0 Å². The molecule has 2 aromatic carbocycles. The average molecular weight is 479 g/mol. The molecule has 1 atom stereocenters. The summed E-state index contributed by atoms with van der Waals surface area (Å²) in [5.41, 5.74) is 3.27. The number of carbonyl (C=O) groups is 2. The van der Waals surface area contributed by atoms with Crippen molar-refractivity contribution >= 4 is 11.9 Å². The summed E-state index contributed by atoms with van der Waals surface area (Å²) in [6.07, 6.45) is 0.561. The summed E-state index contributed by atoms with van der Waals surface area (Å²) >= 11 is 0. The molecule has 0 aliphatic rings. The molecule has 0 saturated heterocycles. The SMILES string of the molecule is C=C(C)C(=C)OCC(COC(=O)C(=C)C)Cc1ccc(-c2ccc(OC(=O)C(=C)C)cc2F)cc1. The Morgan fingerprint density at radius 3 is 1.97 bits per heavy atom. The Labute approximate surface area is 206 Å². The van der Waals surface area contributed by atoms with Crippen LogP contribution in [0.4, 0.5) is 4.39 Å². The Balaban J connectivity index is 2.12. The van der Waals surface area contributed by atoms with Gasteiger partial charge >= 0.3 is 11.9 Å². The summed E-state index contributed by atoms with van der Waals surface area (Å²) in [4.78, 5) is 23.5. The Morgan fingerprint density at radius 1 is 0.829 bits per heavy atom. The van der Waals surface area contributed by atoms with E-state index < -0.39 is 17.8 Å². The Hall–Kier alpha value is -3.93. The van der Waals surface area contributed by atoms with Gasteiger partial charge in [-0.05, 0) is 56.0 Å². The highest BCUT2D eigenvalue weighted by Crippen LogP contribution is 2.27. The standard InChI is InChI=1S/C29H31FO5/c1-18(2)21(7)33-16-23(17-34-28(31)19(3)4)14-22-8-10-24(11-9-22)26-13-12-25(15-27(26)30)35-29(32)20(5)6/h8-13,15,23H,1,3,5,7,14,16-17H2,2,4,6H3. The maximum Gasteiger partial charge on any atom is 0.338 e. The van der Waals surface area contributed by atoms with Crippen LogP contribution in [0.15, 0.2) is 91.3 Å². The van der Waals surface area contributed by atoms with Crippen molar-refractivity contribution in [3.8, 4) is 16.9 Å². The molecule has 0 spiro atoms. The van der Waals surface area contributed by atoms with Gasteiger partial charge in [-0.25, -0.2) is 14.0 Å². The van der Waals surface area contributed by atoms with E-state index in [2.05, 4.69) is 26.3 Å². The van der Waals surface area contributed by atoms with E-state index in [4.69, 9.17) is 14.2 Å². The molecule has 0 fully saturated rings. The zero-order valence-corrected chi connectivity index (χ0v) is 20.5. The molecule has 184 valence electrons. The van der Waals surface area contributed by atoms with Gasteiger partial charge in [-0.1, -0.05) is 50.6 Å². The van der Waals surface area contributed by atoms with E-state index in [-0.39, 0.29) is 30.5 Å². The molecule has 0 aliphatic carbocycles. The van der Waals surface area contributed by atoms with E-state index in [9.17, 15) is 14.0 Å². The topological polar surface area (TPSA) is 61.8 Å². The van der Waals surface area contributed by atoms with Gasteiger partial charge in [-0.3, -0.25) is 0 Å². The summed E-state index contributed by atoms with van der Waals surface area (Å²) < 4.78 is 30.8. The molecule has 0 N–H and O–H groups in total. The van der Waals surface area contributed by atoms with Gasteiger partial charge in [-0.15, -0.1) is 0 Å². The number of hydrogen-bond acceptors (Lipinski definition) is 5. The number of benzene rings is 2. The highest BCUT2D eigenvalue weighted by Gasteiger charge is 2.16. The summed E-state index contributed by atoms with van der Waals surface area (Å²) in [6, 6.07) is 11.6. The van der Waals surface area contributed by atoms with Gasteiger partial charge in [0.05, 0.1) is 13.2 Å². The summed E-state index contributed by atoms with van der Waals surface area (Å²) in [5, 5.41) is 0. The Morgan fingerprint density at radius 2 is 1.43 bits per heavy atom. The van der Waals surface area contributed by atoms with Gasteiger partial charge in [-0.2, -0.15) is 0 Å². The minimum atomic E-state index is -0.610. The number of halogens is 1. The maximum atomic E-state index is 14.7. The molecule has 2 rings (SSSR count). The van der Waals surface area contributed by atoms with Crippen LogP contribution < -0.4 is 4.74 Å². The summed E-state index contributed by atoms with van der Waals surface area (Å²) in [5.74, 6) is -1.14. The number of carbonyl (C=O) groups excluding carboxylic acids is 2. The molecule has 6 heteroatoms. The zero-order valence-electron chi connectivity index (χ0n) is 20.5. The molecule has 0 saturated carbocycles. The van der Waals surface area contributed by atoms with Crippen LogP contribution in [0.1, 0.15) is 26.3 Å². The lowest BCUT2D eigenvalue weighted by atomic mass is 9.97. The number of rotatable bonds is 12. The fourth-order valence-corrected chi connectivity index (χ4v) is 2.97. The van der Waals surface area contributed by atoms with E-state index in [1.807, 2.05) is 12.1 Å². The van der Waals surface area contributed by atoms with Crippen LogP contribution in [-0.4, -0.2) is 25.2 Å². The third-order valence-electron chi connectivity index (χ3n) is 5.06. The average Bonchev–Trinajstić information content (AvgIpc) is 2.80. The third kappa shape index (κ3) is 8.41. The number of ether oxygens (including phenoxy) is 3. The molecule has 5 nitrogen and oxygen atoms in total. The third-order valence-corrected chi connectivity index (χ3v) is 5.06. The lowest BCUT2D eigenvalue weighted by Crippen LogP contribution is -2.21. The molecule has 0 aromatic heterocycles. The van der Waals surface area contributed by atoms with Gasteiger partial charge in [0.2, 0.25) is 0 Å². The second kappa shape index (κ2) is 12.5. The monoisotopic (exact) mass is 478 g/mol. The predicted octanol–water partition coefficient (Wildman–Crippen LogP) is 6.36. The van der Waals surface area contributed by atoms with Crippen molar-refractivity contribution in [2.75, 3.05) is 13.2 Å². The van der Waals surface area contributed by atoms with Gasteiger partial charge in [0, 0.05) is 28.7 Å². The first-order valence-electron chi connectivity index (χ1n) is 11.0. The number of allylic oxidation sites excluding steroid dienone is 1. The Kier molecular flexibility index (Phi) is 9.76. The first kappa shape index (κ1) is 27.3. The minimum Gasteiger partial charge on any atom is -0.494 e. The summed E-state index contributed by atoms with van der Waals surface area (Å²) in [6.45, 7) is 20.1. The number of hydrogen-bond donors (Lipinski definition) is 0. The molecule has 0 radical (unpaired) electrons. The van der Waals surface area contributed by atoms with E-state index in [0.29, 0.717) is 28.9 Å². The predicted molar refractivity (Wildman–Crippen MR) is 135 cm³/mol. The van der Waals surface area contributed by atoms with E-state index >= 15 is 0 Å². The fourth-order valence-electron chi connectivity index (χ4n) is 2.97. The maximum absolute atomic E-state index is 14.7.